The van der Waals surface area contributed by atoms with Crippen LogP contribution in [-0.4, -0.2) is 47.5 Å². The number of H-pyrrole nitrogens is 1. The van der Waals surface area contributed by atoms with Crippen LogP contribution in [0.3, 0.4) is 0 Å². The Kier molecular flexibility index (Phi) is 5.86. The summed E-state index contributed by atoms with van der Waals surface area (Å²) in [5.41, 5.74) is 2.65. The Morgan fingerprint density at radius 3 is 2.52 bits per heavy atom. The van der Waals surface area contributed by atoms with Crippen LogP contribution < -0.4 is 15.5 Å². The van der Waals surface area contributed by atoms with E-state index in [0.717, 1.165) is 53.3 Å². The molecular weight excluding hydrogens is 412 g/mol. The maximum absolute atomic E-state index is 12.7. The van der Waals surface area contributed by atoms with Crippen LogP contribution in [0.2, 0.25) is 0 Å². The normalized spacial score (nSPS) is 18.4. The number of hydrogen-bond donors (Lipinski definition) is 3. The van der Waals surface area contributed by atoms with E-state index >= 15 is 0 Å². The number of benzene rings is 2. The Morgan fingerprint density at radius 1 is 1.00 bits per heavy atom. The van der Waals surface area contributed by atoms with E-state index < -0.39 is 0 Å². The monoisotopic (exact) mass is 442 g/mol. The van der Waals surface area contributed by atoms with Gasteiger partial charge in [0.15, 0.2) is 0 Å². The number of para-hydroxylation sites is 2. The summed E-state index contributed by atoms with van der Waals surface area (Å²) in [6.45, 7) is 0.711. The van der Waals surface area contributed by atoms with Crippen LogP contribution in [0.5, 0.6) is 0 Å². The Hall–Kier alpha value is -3.61. The SMILES string of the molecule is CN(C)c1nc(NC2CCC(CNC(=O)c3c[nH]c4ccccc34)CC2)nc2ccccc12. The fourth-order valence-corrected chi connectivity index (χ4v) is 4.75. The molecule has 2 aromatic carbocycles. The zero-order valence-corrected chi connectivity index (χ0v) is 19.1. The molecule has 0 radical (unpaired) electrons. The summed E-state index contributed by atoms with van der Waals surface area (Å²) in [6.07, 6.45) is 6.02. The molecule has 0 atom stereocenters. The lowest BCUT2D eigenvalue weighted by Crippen LogP contribution is -2.34. The molecule has 0 aliphatic heterocycles. The molecule has 4 aromatic rings. The van der Waals surface area contributed by atoms with Gasteiger partial charge in [-0.2, -0.15) is 4.98 Å². The van der Waals surface area contributed by atoms with Crippen LogP contribution in [0.4, 0.5) is 11.8 Å². The third kappa shape index (κ3) is 4.49. The average molecular weight is 443 g/mol. The molecule has 5 rings (SSSR count). The summed E-state index contributed by atoms with van der Waals surface area (Å²) in [5, 5.41) is 8.72. The molecular formula is C26H30N6O. The molecule has 1 aliphatic carbocycles. The molecule has 0 spiro atoms. The Bertz CT molecular complexity index is 1270. The first-order valence-electron chi connectivity index (χ1n) is 11.6. The number of fused-ring (bicyclic) bond motifs is 2. The number of nitrogens with one attached hydrogen (secondary N) is 3. The quantitative estimate of drug-likeness (QED) is 0.407. The van der Waals surface area contributed by atoms with Gasteiger partial charge in [-0.1, -0.05) is 30.3 Å². The van der Waals surface area contributed by atoms with Crippen molar-refractivity contribution in [3.8, 4) is 0 Å². The number of carbonyl (C=O) groups is 1. The molecule has 33 heavy (non-hydrogen) atoms. The first-order valence-corrected chi connectivity index (χ1v) is 11.6. The zero-order valence-electron chi connectivity index (χ0n) is 19.1. The molecule has 1 amide bonds. The maximum Gasteiger partial charge on any atom is 0.253 e. The molecule has 2 heterocycles. The van der Waals surface area contributed by atoms with Gasteiger partial charge in [0.2, 0.25) is 5.95 Å². The number of aromatic amines is 1. The Morgan fingerprint density at radius 2 is 1.73 bits per heavy atom. The van der Waals surface area contributed by atoms with Crippen LogP contribution in [0.1, 0.15) is 36.0 Å². The molecule has 7 heteroatoms. The summed E-state index contributed by atoms with van der Waals surface area (Å²) in [7, 11) is 4.02. The maximum atomic E-state index is 12.7. The summed E-state index contributed by atoms with van der Waals surface area (Å²) < 4.78 is 0. The van der Waals surface area contributed by atoms with Crippen LogP contribution >= 0.6 is 0 Å². The number of rotatable bonds is 6. The van der Waals surface area contributed by atoms with Crippen molar-refractivity contribution in [3.63, 3.8) is 0 Å². The molecule has 7 nitrogen and oxygen atoms in total. The third-order valence-electron chi connectivity index (χ3n) is 6.57. The van der Waals surface area contributed by atoms with E-state index in [1.807, 2.05) is 61.5 Å². The first kappa shape index (κ1) is 21.2. The van der Waals surface area contributed by atoms with E-state index in [0.29, 0.717) is 30.0 Å². The van der Waals surface area contributed by atoms with Crippen LogP contribution in [-0.2, 0) is 0 Å². The number of carbonyl (C=O) groups excluding carboxylic acids is 1. The molecule has 3 N–H and O–H groups in total. The van der Waals surface area contributed by atoms with Crippen molar-refractivity contribution in [2.45, 2.75) is 31.7 Å². The largest absolute Gasteiger partial charge is 0.362 e. The van der Waals surface area contributed by atoms with E-state index in [9.17, 15) is 4.79 Å². The Balaban J connectivity index is 1.17. The van der Waals surface area contributed by atoms with Crippen molar-refractivity contribution >= 4 is 39.5 Å². The second-order valence-corrected chi connectivity index (χ2v) is 9.10. The van der Waals surface area contributed by atoms with E-state index in [2.05, 4.69) is 21.7 Å². The fraction of sp³-hybridized carbons (Fsp3) is 0.346. The first-order chi connectivity index (χ1) is 16.1. The second-order valence-electron chi connectivity index (χ2n) is 9.10. The van der Waals surface area contributed by atoms with Gasteiger partial charge in [0.1, 0.15) is 5.82 Å². The number of nitrogens with zero attached hydrogens (tertiary/aromatic N) is 3. The van der Waals surface area contributed by atoms with Gasteiger partial charge in [0, 0.05) is 49.2 Å². The lowest BCUT2D eigenvalue weighted by Gasteiger charge is -2.29. The van der Waals surface area contributed by atoms with Crippen molar-refractivity contribution in [2.75, 3.05) is 30.9 Å². The van der Waals surface area contributed by atoms with E-state index in [-0.39, 0.29) is 5.91 Å². The Labute approximate surface area is 193 Å². The molecule has 1 saturated carbocycles. The highest BCUT2D eigenvalue weighted by Crippen LogP contribution is 2.28. The molecule has 2 aromatic heterocycles. The van der Waals surface area contributed by atoms with Gasteiger partial charge in [-0.05, 0) is 49.8 Å². The van der Waals surface area contributed by atoms with Gasteiger partial charge in [-0.15, -0.1) is 0 Å². The zero-order chi connectivity index (χ0) is 22.8. The van der Waals surface area contributed by atoms with E-state index in [1.54, 1.807) is 6.20 Å². The summed E-state index contributed by atoms with van der Waals surface area (Å²) in [6, 6.07) is 16.4. The minimum atomic E-state index is -0.00604. The van der Waals surface area contributed by atoms with Gasteiger partial charge >= 0.3 is 0 Å². The highest BCUT2D eigenvalue weighted by atomic mass is 16.1. The predicted molar refractivity (Wildman–Crippen MR) is 134 cm³/mol. The van der Waals surface area contributed by atoms with Crippen molar-refractivity contribution in [1.29, 1.82) is 0 Å². The van der Waals surface area contributed by atoms with Crippen LogP contribution in [0, 0.1) is 5.92 Å². The standard InChI is InChI=1S/C26H30N6O/c1-32(2)24-20-8-4-6-10-23(20)30-26(31-24)29-18-13-11-17(12-14-18)15-28-25(33)21-16-27-22-9-5-3-7-19(21)22/h3-10,16-18,27H,11-15H2,1-2H3,(H,28,33)(H,29,30,31). The van der Waals surface area contributed by atoms with Crippen LogP contribution in [0.25, 0.3) is 21.8 Å². The second kappa shape index (κ2) is 9.10. The highest BCUT2D eigenvalue weighted by Gasteiger charge is 2.23. The number of amides is 1. The lowest BCUT2D eigenvalue weighted by atomic mass is 9.86. The topological polar surface area (TPSA) is 85.9 Å². The molecule has 0 saturated heterocycles. The van der Waals surface area contributed by atoms with Crippen LogP contribution in [0.15, 0.2) is 54.7 Å². The summed E-state index contributed by atoms with van der Waals surface area (Å²) in [5.74, 6) is 2.10. The van der Waals surface area contributed by atoms with Crippen molar-refractivity contribution in [2.24, 2.45) is 5.92 Å². The number of hydrogen-bond acceptors (Lipinski definition) is 5. The summed E-state index contributed by atoms with van der Waals surface area (Å²) in [4.78, 5) is 27.4. The minimum absolute atomic E-state index is 0.00604. The van der Waals surface area contributed by atoms with E-state index in [4.69, 9.17) is 9.97 Å². The smallest absolute Gasteiger partial charge is 0.253 e. The predicted octanol–water partition coefficient (Wildman–Crippen LogP) is 4.58. The van der Waals surface area contributed by atoms with Crippen molar-refractivity contribution in [3.05, 3.63) is 60.3 Å². The molecule has 1 fully saturated rings. The average Bonchev–Trinajstić information content (AvgIpc) is 3.27. The van der Waals surface area contributed by atoms with Gasteiger partial charge in [0.05, 0.1) is 11.1 Å². The van der Waals surface area contributed by atoms with E-state index in [1.165, 1.54) is 0 Å². The van der Waals surface area contributed by atoms with Gasteiger partial charge in [-0.25, -0.2) is 4.98 Å². The molecule has 0 bridgehead atoms. The van der Waals surface area contributed by atoms with Gasteiger partial charge in [-0.3, -0.25) is 4.79 Å². The van der Waals surface area contributed by atoms with Crippen molar-refractivity contribution in [1.82, 2.24) is 20.3 Å². The molecule has 1 aliphatic rings. The lowest BCUT2D eigenvalue weighted by molar-refractivity contribution is 0.0945. The highest BCUT2D eigenvalue weighted by molar-refractivity contribution is 6.06. The summed E-state index contributed by atoms with van der Waals surface area (Å²) >= 11 is 0. The number of anilines is 2. The fourth-order valence-electron chi connectivity index (χ4n) is 4.75. The third-order valence-corrected chi connectivity index (χ3v) is 6.57. The van der Waals surface area contributed by atoms with Gasteiger partial charge in [0.25, 0.3) is 5.91 Å². The van der Waals surface area contributed by atoms with Crippen molar-refractivity contribution < 1.29 is 4.79 Å². The molecule has 0 unspecified atom stereocenters. The minimum Gasteiger partial charge on any atom is -0.362 e. The number of aromatic nitrogens is 3. The van der Waals surface area contributed by atoms with Gasteiger partial charge < -0.3 is 20.5 Å². The molecule has 170 valence electrons.